The van der Waals surface area contributed by atoms with Crippen LogP contribution in [-0.2, 0) is 0 Å². The maximum Gasteiger partial charge on any atom is 0.276 e. The van der Waals surface area contributed by atoms with Crippen LogP contribution in [0.15, 0.2) is 34.2 Å². The fraction of sp³-hybridized carbons (Fsp3) is 0.368. The first-order chi connectivity index (χ1) is 13.6. The second-order valence-electron chi connectivity index (χ2n) is 6.55. The number of carbonyl (C=O) groups is 1. The van der Waals surface area contributed by atoms with E-state index in [0.29, 0.717) is 43.6 Å². The van der Waals surface area contributed by atoms with Crippen LogP contribution in [0.3, 0.4) is 0 Å². The van der Waals surface area contributed by atoms with Crippen molar-refractivity contribution in [2.24, 2.45) is 0 Å². The van der Waals surface area contributed by atoms with Gasteiger partial charge in [0.15, 0.2) is 11.5 Å². The predicted octanol–water partition coefficient (Wildman–Crippen LogP) is 2.90. The van der Waals surface area contributed by atoms with E-state index in [0.717, 1.165) is 22.9 Å². The summed E-state index contributed by atoms with van der Waals surface area (Å²) < 4.78 is 5.34. The molecule has 0 saturated carbocycles. The largest absolute Gasteiger partial charge is 0.355 e. The molecule has 0 radical (unpaired) electrons. The van der Waals surface area contributed by atoms with E-state index in [2.05, 4.69) is 25.3 Å². The average Bonchev–Trinajstić information content (AvgIpc) is 3.39. The van der Waals surface area contributed by atoms with Gasteiger partial charge < -0.3 is 19.6 Å². The summed E-state index contributed by atoms with van der Waals surface area (Å²) in [6.45, 7) is 7.40. The molecular formula is C19H22N6O2S. The Labute approximate surface area is 167 Å². The number of aryl methyl sites for hydroxylation is 1. The minimum atomic E-state index is -0.0987. The van der Waals surface area contributed by atoms with Gasteiger partial charge in [0.25, 0.3) is 5.91 Å². The van der Waals surface area contributed by atoms with Crippen LogP contribution in [0, 0.1) is 6.92 Å². The molecule has 1 N–H and O–H groups in total. The smallest absolute Gasteiger partial charge is 0.276 e. The first kappa shape index (κ1) is 18.4. The quantitative estimate of drug-likeness (QED) is 0.707. The topological polar surface area (TPSA) is 87.4 Å². The number of thiophene rings is 1. The summed E-state index contributed by atoms with van der Waals surface area (Å²) in [5, 5.41) is 9.09. The van der Waals surface area contributed by atoms with Gasteiger partial charge >= 0.3 is 0 Å². The maximum atomic E-state index is 12.8. The highest BCUT2D eigenvalue weighted by molar-refractivity contribution is 7.13. The molecular weight excluding hydrogens is 376 g/mol. The molecule has 0 unspecified atom stereocenters. The molecule has 1 aliphatic rings. The molecule has 0 atom stereocenters. The molecule has 4 rings (SSSR count). The van der Waals surface area contributed by atoms with Crippen molar-refractivity contribution in [3.8, 4) is 10.6 Å². The van der Waals surface area contributed by atoms with Gasteiger partial charge in [-0.25, -0.2) is 4.98 Å². The van der Waals surface area contributed by atoms with E-state index < -0.39 is 0 Å². The summed E-state index contributed by atoms with van der Waals surface area (Å²) in [6, 6.07) is 7.59. The lowest BCUT2D eigenvalue weighted by molar-refractivity contribution is 0.0736. The number of anilines is 2. The van der Waals surface area contributed by atoms with Gasteiger partial charge in [-0.05, 0) is 25.3 Å². The summed E-state index contributed by atoms with van der Waals surface area (Å²) >= 11 is 1.56. The third-order valence-electron chi connectivity index (χ3n) is 4.56. The SMILES string of the molecule is CCNc1nc(C)cc(N2CCN(C(=O)c3cc(-c4cccs4)on3)CC2)n1. The Balaban J connectivity index is 1.41. The van der Waals surface area contributed by atoms with E-state index in [1.54, 1.807) is 17.4 Å². The minimum absolute atomic E-state index is 0.0987. The Morgan fingerprint density at radius 3 is 2.79 bits per heavy atom. The monoisotopic (exact) mass is 398 g/mol. The molecule has 8 nitrogen and oxygen atoms in total. The Bertz CT molecular complexity index is 947. The van der Waals surface area contributed by atoms with Crippen molar-refractivity contribution in [3.63, 3.8) is 0 Å². The number of hydrogen-bond donors (Lipinski definition) is 1. The molecule has 4 heterocycles. The summed E-state index contributed by atoms with van der Waals surface area (Å²) in [4.78, 5) is 26.7. The molecule has 0 bridgehead atoms. The molecule has 0 spiro atoms. The Kier molecular flexibility index (Phi) is 5.25. The highest BCUT2D eigenvalue weighted by atomic mass is 32.1. The van der Waals surface area contributed by atoms with Crippen LogP contribution in [0.4, 0.5) is 11.8 Å². The van der Waals surface area contributed by atoms with E-state index in [1.165, 1.54) is 0 Å². The summed E-state index contributed by atoms with van der Waals surface area (Å²) in [5.41, 5.74) is 1.27. The molecule has 28 heavy (non-hydrogen) atoms. The number of rotatable bonds is 5. The molecule has 0 aliphatic carbocycles. The van der Waals surface area contributed by atoms with Gasteiger partial charge in [0, 0.05) is 50.6 Å². The number of aromatic nitrogens is 3. The predicted molar refractivity (Wildman–Crippen MR) is 109 cm³/mol. The summed E-state index contributed by atoms with van der Waals surface area (Å²) in [6.07, 6.45) is 0. The van der Waals surface area contributed by atoms with Crippen molar-refractivity contribution < 1.29 is 9.32 Å². The van der Waals surface area contributed by atoms with Gasteiger partial charge in [-0.1, -0.05) is 11.2 Å². The Hall–Kier alpha value is -2.94. The Morgan fingerprint density at radius 2 is 2.07 bits per heavy atom. The van der Waals surface area contributed by atoms with Crippen LogP contribution < -0.4 is 10.2 Å². The standard InChI is InChI=1S/C19H22N6O2S/c1-3-20-19-21-13(2)11-17(22-19)24-6-8-25(9-7-24)18(26)14-12-15(27-23-14)16-5-4-10-28-16/h4-5,10-12H,3,6-9H2,1-2H3,(H,20,21,22). The van der Waals surface area contributed by atoms with Crippen molar-refractivity contribution >= 4 is 29.0 Å². The molecule has 1 amide bonds. The van der Waals surface area contributed by atoms with Gasteiger partial charge in [-0.3, -0.25) is 4.79 Å². The number of nitrogens with one attached hydrogen (secondary N) is 1. The van der Waals surface area contributed by atoms with Crippen LogP contribution in [0.2, 0.25) is 0 Å². The fourth-order valence-electron chi connectivity index (χ4n) is 3.16. The zero-order chi connectivity index (χ0) is 19.5. The average molecular weight is 398 g/mol. The molecule has 1 fully saturated rings. The lowest BCUT2D eigenvalue weighted by atomic mass is 10.2. The zero-order valence-electron chi connectivity index (χ0n) is 15.9. The van der Waals surface area contributed by atoms with Crippen LogP contribution in [-0.4, -0.2) is 58.7 Å². The van der Waals surface area contributed by atoms with Crippen LogP contribution in [0.1, 0.15) is 23.1 Å². The first-order valence-corrected chi connectivity index (χ1v) is 10.2. The number of amides is 1. The normalized spacial score (nSPS) is 14.4. The molecule has 0 aromatic carbocycles. The van der Waals surface area contributed by atoms with Crippen molar-refractivity contribution in [1.29, 1.82) is 0 Å². The second kappa shape index (κ2) is 7.97. The van der Waals surface area contributed by atoms with Gasteiger partial charge in [-0.15, -0.1) is 11.3 Å². The summed E-state index contributed by atoms with van der Waals surface area (Å²) in [7, 11) is 0. The first-order valence-electron chi connectivity index (χ1n) is 9.28. The molecule has 9 heteroatoms. The maximum absolute atomic E-state index is 12.8. The van der Waals surface area contributed by atoms with Crippen LogP contribution in [0.5, 0.6) is 0 Å². The van der Waals surface area contributed by atoms with Gasteiger partial charge in [0.1, 0.15) is 5.82 Å². The highest BCUT2D eigenvalue weighted by Gasteiger charge is 2.25. The fourth-order valence-corrected chi connectivity index (χ4v) is 3.84. The lowest BCUT2D eigenvalue weighted by Gasteiger charge is -2.35. The minimum Gasteiger partial charge on any atom is -0.355 e. The van der Waals surface area contributed by atoms with Crippen molar-refractivity contribution in [1.82, 2.24) is 20.0 Å². The van der Waals surface area contributed by atoms with Crippen molar-refractivity contribution in [2.75, 3.05) is 42.9 Å². The zero-order valence-corrected chi connectivity index (χ0v) is 16.7. The van der Waals surface area contributed by atoms with E-state index >= 15 is 0 Å². The molecule has 3 aromatic heterocycles. The lowest BCUT2D eigenvalue weighted by Crippen LogP contribution is -2.49. The second-order valence-corrected chi connectivity index (χ2v) is 7.50. The number of piperazine rings is 1. The third kappa shape index (κ3) is 3.84. The van der Waals surface area contributed by atoms with E-state index in [1.807, 2.05) is 42.3 Å². The molecule has 1 aliphatic heterocycles. The van der Waals surface area contributed by atoms with E-state index in [-0.39, 0.29) is 5.91 Å². The number of carbonyl (C=O) groups excluding carboxylic acids is 1. The van der Waals surface area contributed by atoms with Gasteiger partial charge in [0.2, 0.25) is 5.95 Å². The van der Waals surface area contributed by atoms with Gasteiger partial charge in [0.05, 0.1) is 4.88 Å². The van der Waals surface area contributed by atoms with Crippen molar-refractivity contribution in [3.05, 3.63) is 41.0 Å². The summed E-state index contributed by atoms with van der Waals surface area (Å²) in [5.74, 6) is 2.06. The van der Waals surface area contributed by atoms with E-state index in [9.17, 15) is 4.79 Å². The molecule has 1 saturated heterocycles. The Morgan fingerprint density at radius 1 is 1.25 bits per heavy atom. The van der Waals surface area contributed by atoms with E-state index in [4.69, 9.17) is 4.52 Å². The number of nitrogens with zero attached hydrogens (tertiary/aromatic N) is 5. The van der Waals surface area contributed by atoms with Crippen molar-refractivity contribution in [2.45, 2.75) is 13.8 Å². The highest BCUT2D eigenvalue weighted by Crippen LogP contribution is 2.26. The molecule has 146 valence electrons. The van der Waals surface area contributed by atoms with Crippen LogP contribution >= 0.6 is 11.3 Å². The third-order valence-corrected chi connectivity index (χ3v) is 5.44. The molecule has 3 aromatic rings. The number of hydrogen-bond acceptors (Lipinski definition) is 8. The van der Waals surface area contributed by atoms with Gasteiger partial charge in [-0.2, -0.15) is 4.98 Å². The van der Waals surface area contributed by atoms with Crippen LogP contribution in [0.25, 0.3) is 10.6 Å².